The highest BCUT2D eigenvalue weighted by atomic mass is 19.1. The van der Waals surface area contributed by atoms with Crippen LogP contribution in [0.4, 0.5) is 9.18 Å². The van der Waals surface area contributed by atoms with Crippen LogP contribution in [0, 0.1) is 12.7 Å². The van der Waals surface area contributed by atoms with Gasteiger partial charge in [0.15, 0.2) is 0 Å². The molecule has 1 aromatic carbocycles. The zero-order chi connectivity index (χ0) is 16.2. The molecule has 6 heteroatoms. The number of aryl methyl sites for hydroxylation is 1. The van der Waals surface area contributed by atoms with Crippen molar-refractivity contribution in [1.82, 2.24) is 10.6 Å². The first-order valence-electron chi connectivity index (χ1n) is 6.67. The van der Waals surface area contributed by atoms with Gasteiger partial charge in [-0.1, -0.05) is 12.1 Å². The van der Waals surface area contributed by atoms with Crippen LogP contribution in [-0.2, 0) is 4.79 Å². The molecule has 0 aliphatic heterocycles. The molecule has 0 heterocycles. The van der Waals surface area contributed by atoms with Crippen molar-refractivity contribution in [3.05, 3.63) is 35.1 Å². The lowest BCUT2D eigenvalue weighted by molar-refractivity contribution is -0.138. The molecule has 5 nitrogen and oxygen atoms in total. The zero-order valence-corrected chi connectivity index (χ0v) is 12.7. The first-order valence-corrected chi connectivity index (χ1v) is 6.67. The van der Waals surface area contributed by atoms with Gasteiger partial charge in [0.2, 0.25) is 0 Å². The molecule has 116 valence electrons. The van der Waals surface area contributed by atoms with Crippen molar-refractivity contribution in [3.63, 3.8) is 0 Å². The summed E-state index contributed by atoms with van der Waals surface area (Å²) in [5.74, 6) is -1.32. The fraction of sp³-hybridized carbons (Fsp3) is 0.467. The molecule has 0 saturated heterocycles. The van der Waals surface area contributed by atoms with Gasteiger partial charge in [-0.2, -0.15) is 0 Å². The third-order valence-electron chi connectivity index (χ3n) is 3.09. The minimum Gasteiger partial charge on any atom is -0.481 e. The molecule has 1 unspecified atom stereocenters. The zero-order valence-electron chi connectivity index (χ0n) is 12.7. The van der Waals surface area contributed by atoms with Crippen molar-refractivity contribution in [2.75, 3.05) is 0 Å². The summed E-state index contributed by atoms with van der Waals surface area (Å²) in [4.78, 5) is 22.6. The Morgan fingerprint density at radius 1 is 1.38 bits per heavy atom. The third-order valence-corrected chi connectivity index (χ3v) is 3.09. The van der Waals surface area contributed by atoms with Gasteiger partial charge in [-0.15, -0.1) is 0 Å². The van der Waals surface area contributed by atoms with Gasteiger partial charge in [-0.3, -0.25) is 4.79 Å². The Morgan fingerprint density at radius 2 is 2.00 bits per heavy atom. The van der Waals surface area contributed by atoms with Crippen molar-refractivity contribution < 1.29 is 19.1 Å². The van der Waals surface area contributed by atoms with Crippen LogP contribution in [0.15, 0.2) is 18.2 Å². The quantitative estimate of drug-likeness (QED) is 0.781. The van der Waals surface area contributed by atoms with Gasteiger partial charge in [0.05, 0.1) is 12.5 Å². The molecule has 0 bridgehead atoms. The number of amides is 2. The summed E-state index contributed by atoms with van der Waals surface area (Å²) in [5, 5.41) is 14.0. The van der Waals surface area contributed by atoms with Crippen molar-refractivity contribution in [2.45, 2.75) is 45.7 Å². The van der Waals surface area contributed by atoms with E-state index in [0.29, 0.717) is 11.1 Å². The minimum atomic E-state index is -0.992. The second kappa shape index (κ2) is 6.56. The number of carboxylic acid groups (broad SMARTS) is 1. The largest absolute Gasteiger partial charge is 0.481 e. The van der Waals surface area contributed by atoms with Crippen LogP contribution in [0.1, 0.15) is 44.4 Å². The maximum Gasteiger partial charge on any atom is 0.315 e. The molecule has 0 aliphatic rings. The van der Waals surface area contributed by atoms with Crippen LogP contribution in [0.25, 0.3) is 0 Å². The van der Waals surface area contributed by atoms with E-state index in [-0.39, 0.29) is 18.3 Å². The monoisotopic (exact) mass is 296 g/mol. The number of hydrogen-bond acceptors (Lipinski definition) is 2. The molecule has 0 aromatic heterocycles. The van der Waals surface area contributed by atoms with Crippen molar-refractivity contribution in [3.8, 4) is 0 Å². The number of benzene rings is 1. The topological polar surface area (TPSA) is 78.4 Å². The highest BCUT2D eigenvalue weighted by molar-refractivity contribution is 5.77. The summed E-state index contributed by atoms with van der Waals surface area (Å²) >= 11 is 0. The van der Waals surface area contributed by atoms with E-state index in [9.17, 15) is 14.0 Å². The molecule has 21 heavy (non-hydrogen) atoms. The lowest BCUT2D eigenvalue weighted by Crippen LogP contribution is -2.49. The Hall–Kier alpha value is -2.11. The van der Waals surface area contributed by atoms with E-state index in [2.05, 4.69) is 10.6 Å². The first-order chi connectivity index (χ1) is 9.60. The van der Waals surface area contributed by atoms with Gasteiger partial charge >= 0.3 is 12.0 Å². The SMILES string of the molecule is Cc1ccc(C(C)NC(=O)NC(C)(C)CC(=O)O)cc1F. The van der Waals surface area contributed by atoms with Crippen LogP contribution in [0.2, 0.25) is 0 Å². The van der Waals surface area contributed by atoms with Crippen molar-refractivity contribution in [1.29, 1.82) is 0 Å². The maximum atomic E-state index is 13.5. The Kier molecular flexibility index (Phi) is 5.29. The molecule has 0 aliphatic carbocycles. The molecule has 1 aromatic rings. The molecule has 1 rings (SSSR count). The summed E-state index contributed by atoms with van der Waals surface area (Å²) in [5.41, 5.74) is 0.316. The van der Waals surface area contributed by atoms with E-state index in [1.807, 2.05) is 0 Å². The van der Waals surface area contributed by atoms with E-state index >= 15 is 0 Å². The van der Waals surface area contributed by atoms with E-state index in [1.165, 1.54) is 6.07 Å². The summed E-state index contributed by atoms with van der Waals surface area (Å²) in [6.45, 7) is 6.64. The number of carbonyl (C=O) groups is 2. The fourth-order valence-electron chi connectivity index (χ4n) is 1.92. The van der Waals surface area contributed by atoms with E-state index in [4.69, 9.17) is 5.11 Å². The van der Waals surface area contributed by atoms with Gasteiger partial charge in [0, 0.05) is 5.54 Å². The molecule has 1 atom stereocenters. The average Bonchev–Trinajstić information content (AvgIpc) is 2.29. The fourth-order valence-corrected chi connectivity index (χ4v) is 1.92. The molecular weight excluding hydrogens is 275 g/mol. The van der Waals surface area contributed by atoms with E-state index in [0.717, 1.165) is 0 Å². The molecule has 3 N–H and O–H groups in total. The van der Waals surface area contributed by atoms with Crippen LogP contribution in [0.3, 0.4) is 0 Å². The number of urea groups is 1. The third kappa shape index (κ3) is 5.41. The van der Waals surface area contributed by atoms with Crippen LogP contribution in [0.5, 0.6) is 0 Å². The normalized spacial score (nSPS) is 12.6. The number of carbonyl (C=O) groups excluding carboxylic acids is 1. The highest BCUT2D eigenvalue weighted by Gasteiger charge is 2.24. The lowest BCUT2D eigenvalue weighted by Gasteiger charge is -2.26. The van der Waals surface area contributed by atoms with E-state index in [1.54, 1.807) is 39.8 Å². The van der Waals surface area contributed by atoms with Crippen LogP contribution in [-0.4, -0.2) is 22.6 Å². The summed E-state index contributed by atoms with van der Waals surface area (Å²) in [6.07, 6.45) is -0.187. The van der Waals surface area contributed by atoms with Crippen molar-refractivity contribution >= 4 is 12.0 Å². The van der Waals surface area contributed by atoms with Crippen LogP contribution >= 0.6 is 0 Å². The molecule has 0 spiro atoms. The standard InChI is InChI=1S/C15H21FN2O3/c1-9-5-6-11(7-12(9)16)10(2)17-14(21)18-15(3,4)8-13(19)20/h5-7,10H,8H2,1-4H3,(H,19,20)(H2,17,18,21). The van der Waals surface area contributed by atoms with Gasteiger partial charge in [-0.25, -0.2) is 9.18 Å². The van der Waals surface area contributed by atoms with E-state index < -0.39 is 17.5 Å². The first kappa shape index (κ1) is 16.9. The molecule has 0 saturated carbocycles. The Labute approximate surface area is 123 Å². The Morgan fingerprint density at radius 3 is 2.52 bits per heavy atom. The predicted octanol–water partition coefficient (Wildman–Crippen LogP) is 2.75. The predicted molar refractivity (Wildman–Crippen MR) is 77.6 cm³/mol. The molecule has 0 radical (unpaired) electrons. The number of aliphatic carboxylic acids is 1. The number of carboxylic acids is 1. The second-order valence-electron chi connectivity index (χ2n) is 5.78. The van der Waals surface area contributed by atoms with Gasteiger partial charge < -0.3 is 15.7 Å². The Bertz CT molecular complexity index is 544. The highest BCUT2D eigenvalue weighted by Crippen LogP contribution is 2.16. The summed E-state index contributed by atoms with van der Waals surface area (Å²) < 4.78 is 13.5. The minimum absolute atomic E-state index is 0.187. The average molecular weight is 296 g/mol. The maximum absolute atomic E-state index is 13.5. The van der Waals surface area contributed by atoms with Gasteiger partial charge in [-0.05, 0) is 44.9 Å². The lowest BCUT2D eigenvalue weighted by atomic mass is 10.0. The number of hydrogen-bond donors (Lipinski definition) is 3. The molecule has 0 fully saturated rings. The Balaban J connectivity index is 2.65. The van der Waals surface area contributed by atoms with Crippen LogP contribution < -0.4 is 10.6 Å². The van der Waals surface area contributed by atoms with Crippen molar-refractivity contribution in [2.24, 2.45) is 0 Å². The second-order valence-corrected chi connectivity index (χ2v) is 5.78. The number of halogens is 1. The van der Waals surface area contributed by atoms with Gasteiger partial charge in [0.1, 0.15) is 5.82 Å². The summed E-state index contributed by atoms with van der Waals surface area (Å²) in [6, 6.07) is 3.89. The molecular formula is C15H21FN2O3. The summed E-state index contributed by atoms with van der Waals surface area (Å²) in [7, 11) is 0. The van der Waals surface area contributed by atoms with Gasteiger partial charge in [0.25, 0.3) is 0 Å². The number of nitrogens with one attached hydrogen (secondary N) is 2. The number of rotatable bonds is 5. The molecule has 2 amide bonds. The smallest absolute Gasteiger partial charge is 0.315 e.